The van der Waals surface area contributed by atoms with Gasteiger partial charge in [0, 0.05) is 24.7 Å². The maximum absolute atomic E-state index is 11.7. The van der Waals surface area contributed by atoms with E-state index in [0.29, 0.717) is 11.6 Å². The predicted octanol–water partition coefficient (Wildman–Crippen LogP) is 2.90. The first-order valence-corrected chi connectivity index (χ1v) is 6.33. The molecule has 0 radical (unpaired) electrons. The summed E-state index contributed by atoms with van der Waals surface area (Å²) in [6.07, 6.45) is 8.91. The summed E-state index contributed by atoms with van der Waals surface area (Å²) in [6.45, 7) is 0. The molecule has 2 heteroatoms. The highest BCUT2D eigenvalue weighted by Gasteiger charge is 2.29. The van der Waals surface area contributed by atoms with Crippen molar-refractivity contribution in [3.8, 4) is 0 Å². The van der Waals surface area contributed by atoms with Crippen LogP contribution >= 0.6 is 0 Å². The summed E-state index contributed by atoms with van der Waals surface area (Å²) in [5, 5.41) is 0. The van der Waals surface area contributed by atoms with E-state index in [1.165, 1.54) is 12.8 Å². The summed E-state index contributed by atoms with van der Waals surface area (Å²) in [7, 11) is 0. The molecular formula is C13H20O2. The lowest BCUT2D eigenvalue weighted by molar-refractivity contribution is -0.128. The van der Waals surface area contributed by atoms with E-state index in [9.17, 15) is 9.59 Å². The van der Waals surface area contributed by atoms with Crippen LogP contribution in [0.15, 0.2) is 0 Å². The highest BCUT2D eigenvalue weighted by molar-refractivity contribution is 5.84. The highest BCUT2D eigenvalue weighted by atomic mass is 16.1. The van der Waals surface area contributed by atoms with Gasteiger partial charge in [0.1, 0.15) is 11.6 Å². The second-order valence-electron chi connectivity index (χ2n) is 5.05. The van der Waals surface area contributed by atoms with Crippen molar-refractivity contribution in [2.24, 2.45) is 11.8 Å². The number of ketones is 2. The molecule has 2 nitrogen and oxygen atoms in total. The van der Waals surface area contributed by atoms with Gasteiger partial charge >= 0.3 is 0 Å². The average Bonchev–Trinajstić information content (AvgIpc) is 2.24. The summed E-state index contributed by atoms with van der Waals surface area (Å²) in [6, 6.07) is 0. The van der Waals surface area contributed by atoms with Gasteiger partial charge in [-0.2, -0.15) is 0 Å². The lowest BCUT2D eigenvalue weighted by Crippen LogP contribution is -2.27. The minimum absolute atomic E-state index is 0.214. The largest absolute Gasteiger partial charge is 0.299 e. The van der Waals surface area contributed by atoms with E-state index in [4.69, 9.17) is 0 Å². The fraction of sp³-hybridized carbons (Fsp3) is 0.846. The maximum atomic E-state index is 11.7. The fourth-order valence-corrected chi connectivity index (χ4v) is 2.95. The number of rotatable bonds is 2. The quantitative estimate of drug-likeness (QED) is 0.699. The van der Waals surface area contributed by atoms with Crippen molar-refractivity contribution in [2.45, 2.75) is 57.8 Å². The van der Waals surface area contributed by atoms with Crippen molar-refractivity contribution < 1.29 is 9.59 Å². The zero-order valence-electron chi connectivity index (χ0n) is 9.34. The Morgan fingerprint density at radius 3 is 1.67 bits per heavy atom. The molecular weight excluding hydrogens is 188 g/mol. The van der Waals surface area contributed by atoms with Crippen molar-refractivity contribution in [3.05, 3.63) is 0 Å². The molecule has 2 aliphatic carbocycles. The summed E-state index contributed by atoms with van der Waals surface area (Å²) in [4.78, 5) is 23.3. The topological polar surface area (TPSA) is 34.1 Å². The molecule has 0 N–H and O–H groups in total. The molecule has 2 aliphatic rings. The van der Waals surface area contributed by atoms with E-state index in [-0.39, 0.29) is 11.8 Å². The van der Waals surface area contributed by atoms with Crippen LogP contribution in [0.2, 0.25) is 0 Å². The van der Waals surface area contributed by atoms with Crippen molar-refractivity contribution in [3.63, 3.8) is 0 Å². The molecule has 2 fully saturated rings. The van der Waals surface area contributed by atoms with Crippen LogP contribution < -0.4 is 0 Å². The molecule has 84 valence electrons. The van der Waals surface area contributed by atoms with Gasteiger partial charge in [0.15, 0.2) is 0 Å². The molecule has 0 aromatic carbocycles. The SMILES string of the molecule is O=C1CCCCC1CC1CCCCC1=O. The van der Waals surface area contributed by atoms with E-state index in [1.54, 1.807) is 0 Å². The van der Waals surface area contributed by atoms with E-state index in [2.05, 4.69) is 0 Å². The molecule has 0 aromatic rings. The monoisotopic (exact) mass is 208 g/mol. The molecule has 0 aliphatic heterocycles. The Hall–Kier alpha value is -0.660. The first-order chi connectivity index (χ1) is 7.27. The van der Waals surface area contributed by atoms with Crippen LogP contribution in [-0.4, -0.2) is 11.6 Å². The van der Waals surface area contributed by atoms with Gasteiger partial charge in [0.05, 0.1) is 0 Å². The lowest BCUT2D eigenvalue weighted by Gasteiger charge is -2.27. The Morgan fingerprint density at radius 1 is 0.800 bits per heavy atom. The number of hydrogen-bond acceptors (Lipinski definition) is 2. The average molecular weight is 208 g/mol. The molecule has 2 saturated carbocycles. The molecule has 0 amide bonds. The Morgan fingerprint density at radius 2 is 1.27 bits per heavy atom. The molecule has 15 heavy (non-hydrogen) atoms. The van der Waals surface area contributed by atoms with Crippen LogP contribution in [0, 0.1) is 11.8 Å². The standard InChI is InChI=1S/C13H20O2/c14-12-7-3-1-5-10(12)9-11-6-2-4-8-13(11)15/h10-11H,1-9H2. The van der Waals surface area contributed by atoms with Crippen molar-refractivity contribution >= 4 is 11.6 Å². The normalized spacial score (nSPS) is 33.1. The summed E-state index contributed by atoms with van der Waals surface area (Å²) in [5.41, 5.74) is 0. The van der Waals surface area contributed by atoms with Crippen molar-refractivity contribution in [1.82, 2.24) is 0 Å². The van der Waals surface area contributed by atoms with Crippen LogP contribution in [-0.2, 0) is 9.59 Å². The number of carbonyl (C=O) groups excluding carboxylic acids is 2. The maximum Gasteiger partial charge on any atom is 0.135 e. The third kappa shape index (κ3) is 2.67. The van der Waals surface area contributed by atoms with Crippen LogP contribution in [0.25, 0.3) is 0 Å². The first-order valence-electron chi connectivity index (χ1n) is 6.33. The van der Waals surface area contributed by atoms with Crippen LogP contribution in [0.4, 0.5) is 0 Å². The Labute approximate surface area is 91.4 Å². The van der Waals surface area contributed by atoms with Gasteiger partial charge in [-0.1, -0.05) is 12.8 Å². The van der Waals surface area contributed by atoms with Gasteiger partial charge in [0.2, 0.25) is 0 Å². The lowest BCUT2D eigenvalue weighted by atomic mass is 9.76. The van der Waals surface area contributed by atoms with Gasteiger partial charge in [-0.05, 0) is 32.1 Å². The minimum Gasteiger partial charge on any atom is -0.299 e. The first kappa shape index (κ1) is 10.8. The van der Waals surface area contributed by atoms with Gasteiger partial charge in [0.25, 0.3) is 0 Å². The zero-order valence-corrected chi connectivity index (χ0v) is 9.34. The summed E-state index contributed by atoms with van der Waals surface area (Å²) >= 11 is 0. The number of carbonyl (C=O) groups is 2. The van der Waals surface area contributed by atoms with Crippen LogP contribution in [0.3, 0.4) is 0 Å². The van der Waals surface area contributed by atoms with Crippen LogP contribution in [0.1, 0.15) is 57.8 Å². The highest BCUT2D eigenvalue weighted by Crippen LogP contribution is 2.31. The molecule has 0 spiro atoms. The van der Waals surface area contributed by atoms with Gasteiger partial charge in [-0.15, -0.1) is 0 Å². The minimum atomic E-state index is 0.214. The Bertz CT molecular complexity index is 231. The molecule has 2 unspecified atom stereocenters. The number of hydrogen-bond donors (Lipinski definition) is 0. The summed E-state index contributed by atoms with van der Waals surface area (Å²) < 4.78 is 0. The van der Waals surface area contributed by atoms with Crippen molar-refractivity contribution in [1.29, 1.82) is 0 Å². The van der Waals surface area contributed by atoms with Crippen molar-refractivity contribution in [2.75, 3.05) is 0 Å². The number of Topliss-reactive ketones (excluding diaryl/α,β-unsaturated/α-hetero) is 2. The summed E-state index contributed by atoms with van der Waals surface area (Å²) in [5.74, 6) is 1.26. The fourth-order valence-electron chi connectivity index (χ4n) is 2.95. The van der Waals surface area contributed by atoms with E-state index < -0.39 is 0 Å². The van der Waals surface area contributed by atoms with E-state index in [0.717, 1.165) is 44.9 Å². The molecule has 0 heterocycles. The molecule has 0 aromatic heterocycles. The third-order valence-corrected chi connectivity index (χ3v) is 3.93. The molecule has 0 bridgehead atoms. The molecule has 0 saturated heterocycles. The zero-order chi connectivity index (χ0) is 10.7. The van der Waals surface area contributed by atoms with E-state index >= 15 is 0 Å². The van der Waals surface area contributed by atoms with Crippen LogP contribution in [0.5, 0.6) is 0 Å². The predicted molar refractivity (Wildman–Crippen MR) is 58.5 cm³/mol. The molecule has 2 atom stereocenters. The van der Waals surface area contributed by atoms with Gasteiger partial charge < -0.3 is 0 Å². The smallest absolute Gasteiger partial charge is 0.135 e. The Kier molecular flexibility index (Phi) is 3.55. The van der Waals surface area contributed by atoms with Gasteiger partial charge in [-0.25, -0.2) is 0 Å². The second-order valence-corrected chi connectivity index (χ2v) is 5.05. The van der Waals surface area contributed by atoms with E-state index in [1.807, 2.05) is 0 Å². The second kappa shape index (κ2) is 4.91. The van der Waals surface area contributed by atoms with Gasteiger partial charge in [-0.3, -0.25) is 9.59 Å². The third-order valence-electron chi connectivity index (χ3n) is 3.93. The Balaban J connectivity index is 1.89. The molecule has 2 rings (SSSR count).